The summed E-state index contributed by atoms with van der Waals surface area (Å²) >= 11 is 6.26. The lowest BCUT2D eigenvalue weighted by molar-refractivity contribution is -0.131. The summed E-state index contributed by atoms with van der Waals surface area (Å²) in [7, 11) is 0. The van der Waals surface area contributed by atoms with Gasteiger partial charge in [0, 0.05) is 11.3 Å². The molecule has 0 unspecified atom stereocenters. The van der Waals surface area contributed by atoms with E-state index in [1.807, 2.05) is 0 Å². The lowest BCUT2D eigenvalue weighted by atomic mass is 9.97. The van der Waals surface area contributed by atoms with Gasteiger partial charge in [0.05, 0.1) is 12.7 Å². The number of imide groups is 1. The molecular formula is C11H16ClN5O5. The van der Waals surface area contributed by atoms with Crippen molar-refractivity contribution in [3.05, 3.63) is 10.4 Å². The zero-order chi connectivity index (χ0) is 16.5. The highest BCUT2D eigenvalue weighted by molar-refractivity contribution is 6.37. The van der Waals surface area contributed by atoms with Crippen molar-refractivity contribution in [2.24, 2.45) is 5.11 Å². The predicted molar refractivity (Wildman–Crippen MR) is 73.6 cm³/mol. The van der Waals surface area contributed by atoms with E-state index >= 15 is 0 Å². The van der Waals surface area contributed by atoms with Crippen molar-refractivity contribution in [2.75, 3.05) is 6.61 Å². The van der Waals surface area contributed by atoms with Crippen LogP contribution in [0.1, 0.15) is 19.8 Å². The summed E-state index contributed by atoms with van der Waals surface area (Å²) in [6.07, 6.45) is -4.03. The van der Waals surface area contributed by atoms with Gasteiger partial charge < -0.3 is 14.9 Å². The number of carbonyl (C=O) groups is 2. The van der Waals surface area contributed by atoms with Crippen LogP contribution >= 0.6 is 11.6 Å². The maximum atomic E-state index is 12.1. The van der Waals surface area contributed by atoms with Gasteiger partial charge in [-0.15, -0.1) is 11.6 Å². The quantitative estimate of drug-likeness (QED) is 0.287. The van der Waals surface area contributed by atoms with E-state index < -0.39 is 48.0 Å². The second kappa shape index (κ2) is 6.27. The number of amides is 3. The van der Waals surface area contributed by atoms with E-state index in [1.54, 1.807) is 6.92 Å². The number of hydrogen-bond donors (Lipinski definition) is 3. The van der Waals surface area contributed by atoms with Crippen LogP contribution in [0.4, 0.5) is 4.79 Å². The summed E-state index contributed by atoms with van der Waals surface area (Å²) in [5, 5.41) is 24.5. The monoisotopic (exact) mass is 333 g/mol. The number of nitrogens with one attached hydrogen (secondary N) is 1. The molecule has 3 N–H and O–H groups in total. The van der Waals surface area contributed by atoms with Crippen LogP contribution in [0.2, 0.25) is 0 Å². The van der Waals surface area contributed by atoms with Gasteiger partial charge in [-0.2, -0.15) is 0 Å². The Hall–Kier alpha value is -1.58. The number of alkyl halides is 1. The largest absolute Gasteiger partial charge is 0.394 e. The highest BCUT2D eigenvalue weighted by Crippen LogP contribution is 2.36. The molecule has 2 heterocycles. The number of halogens is 1. The molecular weight excluding hydrogens is 318 g/mol. The van der Waals surface area contributed by atoms with Crippen LogP contribution < -0.4 is 5.32 Å². The SMILES string of the molecule is CC[C@@]1(Cl)C(=O)NC(=O)N([C@H]2C[C@H](O)[C@@H](CO)O2)[C@H]1N=[N+]=[N-]. The topological polar surface area (TPSA) is 148 Å². The molecule has 2 aliphatic heterocycles. The molecule has 22 heavy (non-hydrogen) atoms. The van der Waals surface area contributed by atoms with Gasteiger partial charge >= 0.3 is 6.03 Å². The molecule has 11 heteroatoms. The first-order valence-corrected chi connectivity index (χ1v) is 7.08. The number of aliphatic hydroxyl groups excluding tert-OH is 2. The smallest absolute Gasteiger partial charge is 0.326 e. The molecule has 122 valence electrons. The molecule has 0 saturated carbocycles. The molecule has 3 amide bonds. The van der Waals surface area contributed by atoms with Gasteiger partial charge in [0.15, 0.2) is 0 Å². The Morgan fingerprint density at radius 3 is 2.82 bits per heavy atom. The zero-order valence-corrected chi connectivity index (χ0v) is 12.5. The minimum Gasteiger partial charge on any atom is -0.394 e. The van der Waals surface area contributed by atoms with Gasteiger partial charge in [0.1, 0.15) is 23.4 Å². The fraction of sp³-hybridized carbons (Fsp3) is 0.818. The Kier molecular flexibility index (Phi) is 4.78. The molecule has 2 fully saturated rings. The summed E-state index contributed by atoms with van der Waals surface area (Å²) in [5.41, 5.74) is 8.73. The third kappa shape index (κ3) is 2.59. The number of nitrogens with zero attached hydrogens (tertiary/aromatic N) is 4. The van der Waals surface area contributed by atoms with Crippen molar-refractivity contribution in [1.82, 2.24) is 10.2 Å². The van der Waals surface area contributed by atoms with Crippen LogP contribution in [0.5, 0.6) is 0 Å². The van der Waals surface area contributed by atoms with Crippen molar-refractivity contribution >= 4 is 23.5 Å². The maximum Gasteiger partial charge on any atom is 0.326 e. The molecule has 0 aromatic carbocycles. The third-order valence-corrected chi connectivity index (χ3v) is 4.51. The molecule has 2 rings (SSSR count). The van der Waals surface area contributed by atoms with Gasteiger partial charge in [0.25, 0.3) is 5.91 Å². The van der Waals surface area contributed by atoms with Crippen LogP contribution in [0.15, 0.2) is 5.11 Å². The highest BCUT2D eigenvalue weighted by atomic mass is 35.5. The standard InChI is InChI=1S/C11H16ClN5O5/c1-2-11(12)8(15-16-13)17(10(21)14-9(11)20)7-3-5(19)6(4-18)22-7/h5-8,18-19H,2-4H2,1H3,(H,14,20,21)/t5-,6+,7+,8+,11-/m0/s1. The van der Waals surface area contributed by atoms with E-state index in [0.717, 1.165) is 4.90 Å². The lowest BCUT2D eigenvalue weighted by Gasteiger charge is -2.44. The fourth-order valence-corrected chi connectivity index (χ4v) is 2.79. The fourth-order valence-electron chi connectivity index (χ4n) is 2.59. The summed E-state index contributed by atoms with van der Waals surface area (Å²) < 4.78 is 5.39. The van der Waals surface area contributed by atoms with Crippen molar-refractivity contribution in [3.8, 4) is 0 Å². The number of aliphatic hydroxyl groups is 2. The Labute approximate surface area is 130 Å². The number of hydrogen-bond acceptors (Lipinski definition) is 6. The highest BCUT2D eigenvalue weighted by Gasteiger charge is 2.55. The van der Waals surface area contributed by atoms with Crippen LogP contribution in [0.3, 0.4) is 0 Å². The number of urea groups is 1. The second-order valence-electron chi connectivity index (χ2n) is 5.08. The molecule has 0 radical (unpaired) electrons. The first-order valence-electron chi connectivity index (χ1n) is 6.70. The van der Waals surface area contributed by atoms with E-state index in [2.05, 4.69) is 15.3 Å². The Bertz CT molecular complexity index is 527. The zero-order valence-electron chi connectivity index (χ0n) is 11.7. The molecule has 2 saturated heterocycles. The normalized spacial score (nSPS) is 38.6. The minimum absolute atomic E-state index is 0.000961. The molecule has 5 atom stereocenters. The van der Waals surface area contributed by atoms with Gasteiger partial charge in [-0.05, 0) is 12.0 Å². The molecule has 2 aliphatic rings. The van der Waals surface area contributed by atoms with E-state index in [0.29, 0.717) is 0 Å². The number of rotatable bonds is 4. The van der Waals surface area contributed by atoms with E-state index in [1.165, 1.54) is 0 Å². The van der Waals surface area contributed by atoms with Gasteiger partial charge in [-0.3, -0.25) is 15.0 Å². The Balaban J connectivity index is 2.37. The third-order valence-electron chi connectivity index (χ3n) is 3.88. The number of carbonyl (C=O) groups excluding carboxylic acids is 2. The van der Waals surface area contributed by atoms with Crippen molar-refractivity contribution in [2.45, 2.75) is 49.2 Å². The molecule has 0 spiro atoms. The molecule has 0 aliphatic carbocycles. The van der Waals surface area contributed by atoms with E-state index in [9.17, 15) is 14.7 Å². The predicted octanol–water partition coefficient (Wildman–Crippen LogP) is 0.0304. The first kappa shape index (κ1) is 16.8. The van der Waals surface area contributed by atoms with Crippen molar-refractivity contribution in [3.63, 3.8) is 0 Å². The number of ether oxygens (including phenoxy) is 1. The van der Waals surface area contributed by atoms with Crippen LogP contribution in [-0.4, -0.2) is 63.1 Å². The minimum atomic E-state index is -1.63. The summed E-state index contributed by atoms with van der Waals surface area (Å²) in [5.74, 6) is -0.757. The molecule has 0 bridgehead atoms. The first-order chi connectivity index (χ1) is 10.4. The van der Waals surface area contributed by atoms with Crippen LogP contribution in [0, 0.1) is 0 Å². The molecule has 0 aromatic heterocycles. The lowest BCUT2D eigenvalue weighted by Crippen LogP contribution is -2.68. The summed E-state index contributed by atoms with van der Waals surface area (Å²) in [6, 6.07) is -0.831. The van der Waals surface area contributed by atoms with Crippen molar-refractivity contribution in [1.29, 1.82) is 0 Å². The van der Waals surface area contributed by atoms with Crippen LogP contribution in [0.25, 0.3) is 10.4 Å². The van der Waals surface area contributed by atoms with Gasteiger partial charge in [-0.25, -0.2) is 4.79 Å². The van der Waals surface area contributed by atoms with E-state index in [4.69, 9.17) is 27.0 Å². The Morgan fingerprint density at radius 1 is 1.64 bits per heavy atom. The summed E-state index contributed by atoms with van der Waals surface area (Å²) in [6.45, 7) is 1.18. The average Bonchev–Trinajstić information content (AvgIpc) is 2.85. The average molecular weight is 334 g/mol. The van der Waals surface area contributed by atoms with E-state index in [-0.39, 0.29) is 12.8 Å². The van der Waals surface area contributed by atoms with Crippen LogP contribution in [-0.2, 0) is 9.53 Å². The van der Waals surface area contributed by atoms with Gasteiger partial charge in [-0.1, -0.05) is 12.0 Å². The second-order valence-corrected chi connectivity index (χ2v) is 5.75. The van der Waals surface area contributed by atoms with Crippen molar-refractivity contribution < 1.29 is 24.5 Å². The molecule has 10 nitrogen and oxygen atoms in total. The Morgan fingerprint density at radius 2 is 2.32 bits per heavy atom. The maximum absolute atomic E-state index is 12.1. The summed E-state index contributed by atoms with van der Waals surface area (Å²) in [4.78, 5) is 26.1. The number of azide groups is 1. The molecule has 0 aromatic rings. The van der Waals surface area contributed by atoms with Gasteiger partial charge in [0.2, 0.25) is 0 Å².